The van der Waals surface area contributed by atoms with Crippen LogP contribution in [0.3, 0.4) is 0 Å². The first-order valence-electron chi connectivity index (χ1n) is 6.96. The largest absolute Gasteiger partial charge is 0.507 e. The van der Waals surface area contributed by atoms with Crippen molar-refractivity contribution in [1.82, 2.24) is 10.1 Å². The molecule has 4 nitrogen and oxygen atoms in total. The van der Waals surface area contributed by atoms with E-state index in [1.807, 2.05) is 0 Å². The fourth-order valence-corrected chi connectivity index (χ4v) is 2.90. The average molecular weight is 276 g/mol. The van der Waals surface area contributed by atoms with Crippen molar-refractivity contribution < 1.29 is 14.0 Å². The molecule has 2 aromatic rings. The molecule has 1 saturated carbocycles. The summed E-state index contributed by atoms with van der Waals surface area (Å²) in [6, 6.07) is 4.11. The lowest BCUT2D eigenvalue weighted by Gasteiger charge is -2.23. The Labute approximate surface area is 116 Å². The maximum absolute atomic E-state index is 13.8. The summed E-state index contributed by atoms with van der Waals surface area (Å²) in [5, 5.41) is 13.7. The summed E-state index contributed by atoms with van der Waals surface area (Å²) in [5.74, 6) is 0.847. The Hall–Kier alpha value is -1.91. The zero-order valence-electron chi connectivity index (χ0n) is 11.3. The smallest absolute Gasteiger partial charge is 0.264 e. The maximum atomic E-state index is 13.8. The van der Waals surface area contributed by atoms with Gasteiger partial charge in [0.25, 0.3) is 5.89 Å². The van der Waals surface area contributed by atoms with Gasteiger partial charge in [0, 0.05) is 5.92 Å². The summed E-state index contributed by atoms with van der Waals surface area (Å²) in [5.41, 5.74) is -0.0184. The van der Waals surface area contributed by atoms with Crippen LogP contribution in [0.5, 0.6) is 5.75 Å². The van der Waals surface area contributed by atoms with Gasteiger partial charge < -0.3 is 9.63 Å². The second-order valence-electron chi connectivity index (χ2n) is 5.56. The summed E-state index contributed by atoms with van der Waals surface area (Å²) in [6.45, 7) is 2.22. The fraction of sp³-hybridized carbons (Fsp3) is 0.467. The molecule has 0 radical (unpaired) electrons. The molecule has 2 atom stereocenters. The van der Waals surface area contributed by atoms with Crippen molar-refractivity contribution in [2.75, 3.05) is 0 Å². The van der Waals surface area contributed by atoms with E-state index in [0.717, 1.165) is 19.3 Å². The first-order valence-corrected chi connectivity index (χ1v) is 6.96. The number of nitrogens with zero attached hydrogens (tertiary/aromatic N) is 2. The van der Waals surface area contributed by atoms with Gasteiger partial charge in [0.1, 0.15) is 17.1 Å². The first-order chi connectivity index (χ1) is 9.65. The van der Waals surface area contributed by atoms with E-state index in [1.165, 1.54) is 24.6 Å². The number of halogens is 1. The predicted molar refractivity (Wildman–Crippen MR) is 71.7 cm³/mol. The molecular formula is C15H17FN2O2. The van der Waals surface area contributed by atoms with Gasteiger partial charge in [0.15, 0.2) is 5.82 Å². The van der Waals surface area contributed by atoms with Crippen LogP contribution in [-0.2, 0) is 0 Å². The Morgan fingerprint density at radius 1 is 1.35 bits per heavy atom. The molecule has 1 heterocycles. The Morgan fingerprint density at radius 3 is 2.95 bits per heavy atom. The highest BCUT2D eigenvalue weighted by atomic mass is 19.1. The lowest BCUT2D eigenvalue weighted by atomic mass is 9.82. The molecule has 1 aliphatic carbocycles. The minimum Gasteiger partial charge on any atom is -0.507 e. The molecule has 1 aliphatic rings. The molecule has 0 saturated heterocycles. The van der Waals surface area contributed by atoms with Crippen molar-refractivity contribution in [1.29, 1.82) is 0 Å². The van der Waals surface area contributed by atoms with Gasteiger partial charge in [0.05, 0.1) is 0 Å². The van der Waals surface area contributed by atoms with Gasteiger partial charge in [-0.25, -0.2) is 4.39 Å². The summed E-state index contributed by atoms with van der Waals surface area (Å²) in [7, 11) is 0. The molecule has 1 aromatic carbocycles. The van der Waals surface area contributed by atoms with Crippen LogP contribution in [0.4, 0.5) is 4.39 Å². The van der Waals surface area contributed by atoms with E-state index in [-0.39, 0.29) is 23.1 Å². The Balaban J connectivity index is 1.90. The predicted octanol–water partition coefficient (Wildman–Crippen LogP) is 3.88. The number of aromatic hydroxyl groups is 1. The van der Waals surface area contributed by atoms with Gasteiger partial charge in [-0.2, -0.15) is 4.98 Å². The SMILES string of the molecule is CC1CCCC(c2noc(-c3c(O)cccc3F)n2)C1. The van der Waals surface area contributed by atoms with Crippen molar-refractivity contribution in [3.8, 4) is 17.2 Å². The molecular weight excluding hydrogens is 259 g/mol. The van der Waals surface area contributed by atoms with E-state index in [9.17, 15) is 9.50 Å². The highest BCUT2D eigenvalue weighted by Crippen LogP contribution is 2.36. The number of phenolic OH excluding ortho intramolecular Hbond substituents is 1. The third kappa shape index (κ3) is 2.40. The van der Waals surface area contributed by atoms with Crippen LogP contribution in [0.25, 0.3) is 11.5 Å². The van der Waals surface area contributed by atoms with Gasteiger partial charge in [-0.05, 0) is 30.9 Å². The van der Waals surface area contributed by atoms with Crippen molar-refractivity contribution >= 4 is 0 Å². The van der Waals surface area contributed by atoms with Crippen LogP contribution in [0, 0.1) is 11.7 Å². The van der Waals surface area contributed by atoms with Gasteiger partial charge in [-0.15, -0.1) is 0 Å². The van der Waals surface area contributed by atoms with Crippen LogP contribution in [-0.4, -0.2) is 15.2 Å². The highest BCUT2D eigenvalue weighted by molar-refractivity contribution is 5.62. The Kier molecular flexibility index (Phi) is 3.42. The van der Waals surface area contributed by atoms with Crippen LogP contribution in [0.2, 0.25) is 0 Å². The number of phenols is 1. The first kappa shape index (κ1) is 13.1. The second-order valence-corrected chi connectivity index (χ2v) is 5.56. The van der Waals surface area contributed by atoms with Crippen LogP contribution >= 0.6 is 0 Å². The molecule has 3 rings (SSSR count). The molecule has 0 bridgehead atoms. The number of rotatable bonds is 2. The summed E-state index contributed by atoms with van der Waals surface area (Å²) in [4.78, 5) is 4.28. The van der Waals surface area contributed by atoms with Gasteiger partial charge in [0.2, 0.25) is 0 Å². The minimum absolute atomic E-state index is 0.0184. The zero-order chi connectivity index (χ0) is 14.1. The van der Waals surface area contributed by atoms with Gasteiger partial charge in [-0.3, -0.25) is 0 Å². The monoisotopic (exact) mass is 276 g/mol. The number of hydrogen-bond donors (Lipinski definition) is 1. The zero-order valence-corrected chi connectivity index (χ0v) is 11.3. The lowest BCUT2D eigenvalue weighted by Crippen LogP contribution is -2.12. The summed E-state index contributed by atoms with van der Waals surface area (Å²) < 4.78 is 18.9. The van der Waals surface area contributed by atoms with Gasteiger partial charge in [-0.1, -0.05) is 31.0 Å². The number of benzene rings is 1. The Bertz CT molecular complexity index is 591. The van der Waals surface area contributed by atoms with Crippen LogP contribution < -0.4 is 0 Å². The van der Waals surface area contributed by atoms with E-state index < -0.39 is 5.82 Å². The Morgan fingerprint density at radius 2 is 2.20 bits per heavy atom. The molecule has 1 aromatic heterocycles. The molecule has 0 amide bonds. The maximum Gasteiger partial charge on any atom is 0.264 e. The van der Waals surface area contributed by atoms with Crippen molar-refractivity contribution in [2.45, 2.75) is 38.5 Å². The normalized spacial score (nSPS) is 22.9. The quantitative estimate of drug-likeness (QED) is 0.904. The molecule has 2 unspecified atom stereocenters. The minimum atomic E-state index is -0.558. The second kappa shape index (κ2) is 5.23. The third-order valence-electron chi connectivity index (χ3n) is 3.95. The topological polar surface area (TPSA) is 59.2 Å². The van der Waals surface area contributed by atoms with Crippen molar-refractivity contribution in [3.05, 3.63) is 29.8 Å². The lowest BCUT2D eigenvalue weighted by molar-refractivity contribution is 0.324. The molecule has 106 valence electrons. The molecule has 0 aliphatic heterocycles. The van der Waals surface area contributed by atoms with E-state index >= 15 is 0 Å². The van der Waals surface area contributed by atoms with Crippen LogP contribution in [0.15, 0.2) is 22.7 Å². The van der Waals surface area contributed by atoms with E-state index in [1.54, 1.807) is 0 Å². The average Bonchev–Trinajstić information content (AvgIpc) is 2.88. The molecule has 20 heavy (non-hydrogen) atoms. The molecule has 0 spiro atoms. The van der Waals surface area contributed by atoms with Gasteiger partial charge >= 0.3 is 0 Å². The molecule has 5 heteroatoms. The van der Waals surface area contributed by atoms with E-state index in [0.29, 0.717) is 11.7 Å². The van der Waals surface area contributed by atoms with E-state index in [4.69, 9.17) is 4.52 Å². The standard InChI is InChI=1S/C15H17FN2O2/c1-9-4-2-5-10(8-9)14-17-15(20-18-14)13-11(16)6-3-7-12(13)19/h3,6-7,9-10,19H,2,4-5,8H2,1H3. The van der Waals surface area contributed by atoms with Crippen molar-refractivity contribution in [3.63, 3.8) is 0 Å². The highest BCUT2D eigenvalue weighted by Gasteiger charge is 2.26. The summed E-state index contributed by atoms with van der Waals surface area (Å²) in [6.07, 6.45) is 4.45. The van der Waals surface area contributed by atoms with Crippen LogP contribution in [0.1, 0.15) is 44.3 Å². The number of aromatic nitrogens is 2. The number of hydrogen-bond acceptors (Lipinski definition) is 4. The van der Waals surface area contributed by atoms with Crippen molar-refractivity contribution in [2.24, 2.45) is 5.92 Å². The fourth-order valence-electron chi connectivity index (χ4n) is 2.90. The molecule has 1 N–H and O–H groups in total. The third-order valence-corrected chi connectivity index (χ3v) is 3.95. The van der Waals surface area contributed by atoms with E-state index in [2.05, 4.69) is 17.1 Å². The molecule has 1 fully saturated rings. The summed E-state index contributed by atoms with van der Waals surface area (Å²) >= 11 is 0.